The van der Waals surface area contributed by atoms with Gasteiger partial charge >= 0.3 is 5.97 Å². The summed E-state index contributed by atoms with van der Waals surface area (Å²) in [5.74, 6) is -0.0171. The van der Waals surface area contributed by atoms with Gasteiger partial charge in [0.05, 0.1) is 25.4 Å². The largest absolute Gasteiger partial charge is 0.466 e. The number of nitrogens with one attached hydrogen (secondary N) is 1. The van der Waals surface area contributed by atoms with Crippen LogP contribution in [0.1, 0.15) is 418 Å². The van der Waals surface area contributed by atoms with E-state index in [1.54, 1.807) is 0 Å². The van der Waals surface area contributed by atoms with E-state index in [1.807, 2.05) is 0 Å². The van der Waals surface area contributed by atoms with Crippen LogP contribution >= 0.6 is 0 Å². The fraction of sp³-hybridized carbons (Fsp3) is 0.945. The lowest BCUT2D eigenvalue weighted by Crippen LogP contribution is -2.45. The third-order valence-electron chi connectivity index (χ3n) is 17.3. The SMILES string of the molecule is CCCCCCCC/C=C\CCCCCCCC(=O)OCCCCCCCCCCCCCCCCCCCCCCCCCCCCC(=O)NC(CO)C(O)CCCCCCCCCCCCCCCCCCCCCCC. The first-order valence-electron chi connectivity index (χ1n) is 36.4. The van der Waals surface area contributed by atoms with Crippen molar-refractivity contribution in [1.82, 2.24) is 5.32 Å². The molecule has 2 unspecified atom stereocenters. The highest BCUT2D eigenvalue weighted by molar-refractivity contribution is 5.76. The third kappa shape index (κ3) is 65.6. The van der Waals surface area contributed by atoms with E-state index in [0.29, 0.717) is 25.9 Å². The molecule has 0 aromatic carbocycles. The summed E-state index contributed by atoms with van der Waals surface area (Å²) < 4.78 is 5.49. The fourth-order valence-corrected chi connectivity index (χ4v) is 11.8. The van der Waals surface area contributed by atoms with Crippen LogP contribution in [0.2, 0.25) is 0 Å². The van der Waals surface area contributed by atoms with Crippen molar-refractivity contribution in [1.29, 1.82) is 0 Å². The Balaban J connectivity index is 3.35. The van der Waals surface area contributed by atoms with E-state index in [2.05, 4.69) is 31.3 Å². The third-order valence-corrected chi connectivity index (χ3v) is 17.3. The maximum atomic E-state index is 12.6. The van der Waals surface area contributed by atoms with Crippen molar-refractivity contribution in [3.8, 4) is 0 Å². The smallest absolute Gasteiger partial charge is 0.305 e. The zero-order chi connectivity index (χ0) is 57.1. The summed E-state index contributed by atoms with van der Waals surface area (Å²) in [6.45, 7) is 4.99. The van der Waals surface area contributed by atoms with E-state index in [1.165, 1.54) is 340 Å². The van der Waals surface area contributed by atoms with Gasteiger partial charge in [-0.25, -0.2) is 0 Å². The van der Waals surface area contributed by atoms with Crippen molar-refractivity contribution in [3.05, 3.63) is 12.2 Å². The lowest BCUT2D eigenvalue weighted by atomic mass is 10.0. The number of carbonyl (C=O) groups is 2. The van der Waals surface area contributed by atoms with Crippen LogP contribution in [0.3, 0.4) is 0 Å². The number of amides is 1. The minimum atomic E-state index is -0.663. The normalized spacial score (nSPS) is 12.5. The molecule has 0 saturated carbocycles. The molecule has 6 nitrogen and oxygen atoms in total. The summed E-state index contributed by atoms with van der Waals surface area (Å²) in [5, 5.41) is 23.4. The van der Waals surface area contributed by atoms with E-state index in [4.69, 9.17) is 4.74 Å². The summed E-state index contributed by atoms with van der Waals surface area (Å²) >= 11 is 0. The second-order valence-corrected chi connectivity index (χ2v) is 25.3. The first-order chi connectivity index (χ1) is 39.0. The predicted octanol–water partition coefficient (Wildman–Crippen LogP) is 23.5. The minimum Gasteiger partial charge on any atom is -0.466 e. The van der Waals surface area contributed by atoms with Crippen molar-refractivity contribution in [2.75, 3.05) is 13.2 Å². The molecule has 0 radical (unpaired) electrons. The highest BCUT2D eigenvalue weighted by Gasteiger charge is 2.20. The van der Waals surface area contributed by atoms with Gasteiger partial charge in [0.15, 0.2) is 0 Å². The van der Waals surface area contributed by atoms with Gasteiger partial charge in [-0.2, -0.15) is 0 Å². The predicted molar refractivity (Wildman–Crippen MR) is 347 cm³/mol. The lowest BCUT2D eigenvalue weighted by Gasteiger charge is -2.22. The molecule has 0 aliphatic carbocycles. The second kappa shape index (κ2) is 69.1. The number of esters is 1. The second-order valence-electron chi connectivity index (χ2n) is 25.3. The quantitative estimate of drug-likeness (QED) is 0.0320. The summed E-state index contributed by atoms with van der Waals surface area (Å²) in [7, 11) is 0. The Kier molecular flexibility index (Phi) is 67.9. The van der Waals surface area contributed by atoms with Crippen molar-refractivity contribution in [2.24, 2.45) is 0 Å². The molecule has 0 heterocycles. The molecular formula is C73H143NO5. The standard InChI is InChI=1S/C73H143NO5/c1-3-5-7-9-11-13-15-17-19-20-21-28-31-34-38-41-45-49-53-57-61-65-71(76)70(69-75)74-72(77)66-62-58-54-50-46-42-39-35-32-29-26-24-22-23-25-27-30-33-36-40-44-48-52-56-60-64-68-79-73(78)67-63-59-55-51-47-43-37-18-16-14-12-10-8-6-4-2/h18,37,70-71,75-76H,3-17,19-36,38-69H2,1-2H3,(H,74,77)/b37-18-. The van der Waals surface area contributed by atoms with E-state index in [9.17, 15) is 19.8 Å². The lowest BCUT2D eigenvalue weighted by molar-refractivity contribution is -0.143. The maximum Gasteiger partial charge on any atom is 0.305 e. The van der Waals surface area contributed by atoms with Crippen LogP contribution in [-0.2, 0) is 14.3 Å². The molecule has 2 atom stereocenters. The molecule has 0 saturated heterocycles. The number of carbonyl (C=O) groups excluding carboxylic acids is 2. The van der Waals surface area contributed by atoms with Crippen LogP contribution in [0.4, 0.5) is 0 Å². The van der Waals surface area contributed by atoms with Crippen molar-refractivity contribution in [3.63, 3.8) is 0 Å². The van der Waals surface area contributed by atoms with Gasteiger partial charge in [0.25, 0.3) is 0 Å². The molecule has 0 aliphatic rings. The number of aliphatic hydroxyl groups is 2. The van der Waals surface area contributed by atoms with Crippen LogP contribution in [0.25, 0.3) is 0 Å². The summed E-state index contributed by atoms with van der Waals surface area (Å²) in [6, 6.07) is -0.540. The van der Waals surface area contributed by atoms with E-state index in [0.717, 1.165) is 44.9 Å². The molecule has 470 valence electrons. The Bertz CT molecular complexity index is 1190. The average Bonchev–Trinajstić information content (AvgIpc) is 3.45. The monoisotopic (exact) mass is 1110 g/mol. The molecule has 1 amide bonds. The molecule has 6 heteroatoms. The van der Waals surface area contributed by atoms with Crippen molar-refractivity contribution < 1.29 is 24.5 Å². The van der Waals surface area contributed by atoms with Crippen LogP contribution < -0.4 is 5.32 Å². The molecule has 0 aliphatic heterocycles. The van der Waals surface area contributed by atoms with E-state index < -0.39 is 12.1 Å². The molecule has 0 aromatic rings. The first-order valence-corrected chi connectivity index (χ1v) is 36.4. The first kappa shape index (κ1) is 77.6. The minimum absolute atomic E-state index is 0.0105. The Morgan fingerprint density at radius 1 is 0.342 bits per heavy atom. The zero-order valence-corrected chi connectivity index (χ0v) is 53.9. The van der Waals surface area contributed by atoms with Gasteiger partial charge in [0.2, 0.25) is 5.91 Å². The molecule has 0 spiro atoms. The van der Waals surface area contributed by atoms with Gasteiger partial charge in [-0.15, -0.1) is 0 Å². The van der Waals surface area contributed by atoms with Crippen LogP contribution in [0.5, 0.6) is 0 Å². The molecule has 0 rings (SSSR count). The fourth-order valence-electron chi connectivity index (χ4n) is 11.8. The van der Waals surface area contributed by atoms with Crippen molar-refractivity contribution >= 4 is 11.9 Å². The van der Waals surface area contributed by atoms with Crippen LogP contribution in [0.15, 0.2) is 12.2 Å². The number of ether oxygens (including phenoxy) is 1. The Labute approximate surface area is 495 Å². The maximum absolute atomic E-state index is 12.6. The number of rotatable bonds is 69. The number of allylic oxidation sites excluding steroid dienone is 2. The summed E-state index contributed by atoms with van der Waals surface area (Å²) in [5.41, 5.74) is 0. The Morgan fingerprint density at radius 3 is 0.899 bits per heavy atom. The van der Waals surface area contributed by atoms with E-state index in [-0.39, 0.29) is 18.5 Å². The van der Waals surface area contributed by atoms with Crippen LogP contribution in [-0.4, -0.2) is 47.4 Å². The summed E-state index contributed by atoms with van der Waals surface area (Å²) in [6.07, 6.45) is 85.5. The van der Waals surface area contributed by atoms with Gasteiger partial charge < -0.3 is 20.3 Å². The molecule has 79 heavy (non-hydrogen) atoms. The number of hydrogen-bond acceptors (Lipinski definition) is 5. The number of unbranched alkanes of at least 4 members (excludes halogenated alkanes) is 56. The molecule has 0 fully saturated rings. The average molecular weight is 1110 g/mol. The Morgan fingerprint density at radius 2 is 0.595 bits per heavy atom. The van der Waals surface area contributed by atoms with Gasteiger partial charge in [-0.05, 0) is 51.4 Å². The van der Waals surface area contributed by atoms with Gasteiger partial charge in [-0.1, -0.05) is 366 Å². The Hall–Kier alpha value is -1.40. The topological polar surface area (TPSA) is 95.9 Å². The number of aliphatic hydroxyl groups excluding tert-OH is 2. The van der Waals surface area contributed by atoms with Gasteiger partial charge in [0, 0.05) is 12.8 Å². The highest BCUT2D eigenvalue weighted by Crippen LogP contribution is 2.20. The van der Waals surface area contributed by atoms with Crippen LogP contribution in [0, 0.1) is 0 Å². The van der Waals surface area contributed by atoms with E-state index >= 15 is 0 Å². The molecule has 3 N–H and O–H groups in total. The van der Waals surface area contributed by atoms with Crippen molar-refractivity contribution in [2.45, 2.75) is 431 Å². The molecule has 0 bridgehead atoms. The number of hydrogen-bond donors (Lipinski definition) is 3. The summed E-state index contributed by atoms with van der Waals surface area (Å²) in [4.78, 5) is 24.6. The van der Waals surface area contributed by atoms with Gasteiger partial charge in [0.1, 0.15) is 0 Å². The van der Waals surface area contributed by atoms with Gasteiger partial charge in [-0.3, -0.25) is 9.59 Å². The zero-order valence-electron chi connectivity index (χ0n) is 53.9. The highest BCUT2D eigenvalue weighted by atomic mass is 16.5. The molecule has 0 aromatic heterocycles. The molecular weight excluding hydrogens is 971 g/mol.